The number of halogens is 1. The topological polar surface area (TPSA) is 197 Å². The van der Waals surface area contributed by atoms with Gasteiger partial charge in [0.05, 0.1) is 17.3 Å². The van der Waals surface area contributed by atoms with Crippen molar-refractivity contribution < 1.29 is 37.7 Å². The van der Waals surface area contributed by atoms with Gasteiger partial charge in [-0.2, -0.15) is 15.1 Å². The Morgan fingerprint density at radius 3 is 2.49 bits per heavy atom. The van der Waals surface area contributed by atoms with Crippen molar-refractivity contribution in [3.8, 4) is 0 Å². The first-order chi connectivity index (χ1) is 18.4. The number of fused-ring (bicyclic) bond motifs is 1. The van der Waals surface area contributed by atoms with E-state index < -0.39 is 59.1 Å². The zero-order valence-electron chi connectivity index (χ0n) is 20.6. The Kier molecular flexibility index (Phi) is 8.01. The highest BCUT2D eigenvalue weighted by Crippen LogP contribution is 2.47. The molecular weight excluding hydrogens is 573 g/mol. The van der Waals surface area contributed by atoms with Crippen LogP contribution in [0.2, 0.25) is 5.28 Å². The van der Waals surface area contributed by atoms with E-state index in [1.807, 2.05) is 0 Å². The van der Waals surface area contributed by atoms with Gasteiger partial charge in [0.2, 0.25) is 5.28 Å². The average Bonchev–Trinajstić information content (AvgIpc) is 3.59. The summed E-state index contributed by atoms with van der Waals surface area (Å²) in [5, 5.41) is 29.5. The molecule has 5 rings (SSSR count). The summed E-state index contributed by atoms with van der Waals surface area (Å²) in [6, 6.07) is 8.28. The zero-order chi connectivity index (χ0) is 27.9. The lowest BCUT2D eigenvalue weighted by Gasteiger charge is -2.22. The normalized spacial score (nSPS) is 25.4. The van der Waals surface area contributed by atoms with Crippen molar-refractivity contribution in [3.63, 3.8) is 0 Å². The van der Waals surface area contributed by atoms with Gasteiger partial charge in [0, 0.05) is 12.5 Å². The maximum absolute atomic E-state index is 13.2. The van der Waals surface area contributed by atoms with E-state index in [1.54, 1.807) is 30.3 Å². The Bertz CT molecular complexity index is 1480. The van der Waals surface area contributed by atoms with Crippen molar-refractivity contribution in [2.45, 2.75) is 67.7 Å². The van der Waals surface area contributed by atoms with Crippen LogP contribution in [0, 0.1) is 0 Å². The van der Waals surface area contributed by atoms with Crippen molar-refractivity contribution in [2.75, 3.05) is 11.1 Å². The van der Waals surface area contributed by atoms with E-state index in [4.69, 9.17) is 16.3 Å². The van der Waals surface area contributed by atoms with Gasteiger partial charge in [0.1, 0.15) is 24.1 Å². The van der Waals surface area contributed by atoms with Crippen LogP contribution in [0.4, 0.5) is 5.82 Å². The smallest absolute Gasteiger partial charge is 0.343 e. The molecule has 3 aromatic rings. The van der Waals surface area contributed by atoms with Crippen LogP contribution in [0.15, 0.2) is 36.5 Å². The Morgan fingerprint density at radius 1 is 1.13 bits per heavy atom. The highest BCUT2D eigenvalue weighted by atomic mass is 35.5. The summed E-state index contributed by atoms with van der Waals surface area (Å²) in [5.41, 5.74) is 0.620. The molecule has 0 amide bonds. The maximum Gasteiger partial charge on any atom is 0.343 e. The van der Waals surface area contributed by atoms with E-state index in [0.717, 1.165) is 25.7 Å². The van der Waals surface area contributed by atoms with Crippen LogP contribution >= 0.6 is 19.2 Å². The predicted octanol–water partition coefficient (Wildman–Crippen LogP) is 1.61. The van der Waals surface area contributed by atoms with Crippen LogP contribution in [0.5, 0.6) is 0 Å². The van der Waals surface area contributed by atoms with E-state index in [0.29, 0.717) is 16.8 Å². The summed E-state index contributed by atoms with van der Waals surface area (Å²) >= 11 is 6.16. The van der Waals surface area contributed by atoms with Crippen molar-refractivity contribution in [1.29, 1.82) is 0 Å². The molecule has 5 atom stereocenters. The second kappa shape index (κ2) is 11.0. The van der Waals surface area contributed by atoms with Gasteiger partial charge in [-0.1, -0.05) is 43.2 Å². The fourth-order valence-electron chi connectivity index (χ4n) is 5.14. The fraction of sp³-hybridized carbons (Fsp3) is 0.522. The van der Waals surface area contributed by atoms with E-state index in [9.17, 15) is 33.0 Å². The Labute approximate surface area is 229 Å². The van der Waals surface area contributed by atoms with Crippen LogP contribution in [0.1, 0.15) is 37.5 Å². The number of anilines is 1. The number of benzene rings is 1. The van der Waals surface area contributed by atoms with Crippen LogP contribution in [0.3, 0.4) is 0 Å². The lowest BCUT2D eigenvalue weighted by molar-refractivity contribution is -0.0365. The van der Waals surface area contributed by atoms with Gasteiger partial charge in [-0.3, -0.25) is 4.57 Å². The minimum atomic E-state index is -5.12. The number of aliphatic hydroxyl groups is 2. The van der Waals surface area contributed by atoms with Gasteiger partial charge >= 0.3 is 7.60 Å². The summed E-state index contributed by atoms with van der Waals surface area (Å²) in [5.74, 6) is -0.478. The van der Waals surface area contributed by atoms with Crippen LogP contribution in [0.25, 0.3) is 11.0 Å². The summed E-state index contributed by atoms with van der Waals surface area (Å²) in [6.45, 7) is 0. The fourth-order valence-corrected chi connectivity index (χ4v) is 9.09. The van der Waals surface area contributed by atoms with Gasteiger partial charge in [-0.15, -0.1) is 0 Å². The third kappa shape index (κ3) is 5.98. The zero-order valence-corrected chi connectivity index (χ0v) is 23.1. The Balaban J connectivity index is 1.39. The number of ether oxygens (including phenoxy) is 1. The van der Waals surface area contributed by atoms with Crippen LogP contribution in [-0.4, -0.2) is 83.3 Å². The lowest BCUT2D eigenvalue weighted by atomic mass is 10.1. The first-order valence-corrected chi connectivity index (χ1v) is 16.2. The van der Waals surface area contributed by atoms with Crippen molar-refractivity contribution in [1.82, 2.24) is 19.7 Å². The molecule has 1 unspecified atom stereocenters. The molecule has 1 saturated heterocycles. The van der Waals surface area contributed by atoms with Crippen molar-refractivity contribution >= 4 is 45.9 Å². The number of hydrogen-bond donors (Lipinski definition) is 5. The second-order valence-electron chi connectivity index (χ2n) is 9.90. The number of nitrogens with one attached hydrogen (secondary N) is 1. The first kappa shape index (κ1) is 28.4. The molecule has 0 spiro atoms. The third-order valence-corrected chi connectivity index (χ3v) is 11.8. The minimum Gasteiger partial charge on any atom is -0.387 e. The largest absolute Gasteiger partial charge is 0.387 e. The molecule has 2 fully saturated rings. The minimum absolute atomic E-state index is 0.0812. The van der Waals surface area contributed by atoms with Gasteiger partial charge in [0.15, 0.2) is 26.7 Å². The summed E-state index contributed by atoms with van der Waals surface area (Å²) in [4.78, 5) is 26.2. The SMILES string of the molecule is O=P(O)(O)C(Cc1ccccc1)S(=O)(=O)C[C@H]1O[C@@H](n2ncc3c(NC4CCCC4)nc(Cl)nc32)[C@H](O)[C@@H]1O. The number of nitrogens with zero attached hydrogens (tertiary/aromatic N) is 4. The molecule has 1 saturated carbocycles. The quantitative estimate of drug-likeness (QED) is 0.176. The van der Waals surface area contributed by atoms with Gasteiger partial charge in [-0.05, 0) is 30.0 Å². The van der Waals surface area contributed by atoms with Crippen molar-refractivity contribution in [2.24, 2.45) is 0 Å². The van der Waals surface area contributed by atoms with Gasteiger partial charge < -0.3 is 30.1 Å². The van der Waals surface area contributed by atoms with Crippen LogP contribution in [-0.2, 0) is 25.6 Å². The molecule has 39 heavy (non-hydrogen) atoms. The molecule has 2 aromatic heterocycles. The lowest BCUT2D eigenvalue weighted by Crippen LogP contribution is -2.38. The predicted molar refractivity (Wildman–Crippen MR) is 142 cm³/mol. The summed E-state index contributed by atoms with van der Waals surface area (Å²) < 4.78 is 45.6. The molecule has 13 nitrogen and oxygen atoms in total. The van der Waals surface area contributed by atoms with Gasteiger partial charge in [0.25, 0.3) is 0 Å². The second-order valence-corrected chi connectivity index (χ2v) is 14.6. The molecule has 5 N–H and O–H groups in total. The summed E-state index contributed by atoms with van der Waals surface area (Å²) in [7, 11) is -9.64. The molecule has 0 radical (unpaired) electrons. The molecule has 3 heterocycles. The van der Waals surface area contributed by atoms with E-state index >= 15 is 0 Å². The third-order valence-electron chi connectivity index (χ3n) is 7.14. The maximum atomic E-state index is 13.2. The Hall–Kier alpha value is -2.16. The standard InChI is InChI=1S/C23H29ClN5O8PS/c24-23-27-20(26-14-8-4-5-9-14)15-11-25-29(21(15)28-23)22-19(31)18(30)16(37-22)12-39(35,36)17(38(32,33)34)10-13-6-2-1-3-7-13/h1-3,6-7,11,14,16-19,22,30-31H,4-5,8-10,12H2,(H,26,27,28)(H2,32,33,34)/t16-,17?,18-,19-,22-/m1/s1. The molecule has 1 aromatic carbocycles. The molecule has 2 aliphatic rings. The number of aromatic nitrogens is 4. The summed E-state index contributed by atoms with van der Waals surface area (Å²) in [6.07, 6.45) is -0.972. The van der Waals surface area contributed by atoms with Crippen LogP contribution < -0.4 is 5.32 Å². The molecule has 1 aliphatic carbocycles. The highest BCUT2D eigenvalue weighted by molar-refractivity contribution is 7.98. The Morgan fingerprint density at radius 2 is 1.82 bits per heavy atom. The monoisotopic (exact) mass is 601 g/mol. The highest BCUT2D eigenvalue weighted by Gasteiger charge is 2.49. The number of rotatable bonds is 9. The van der Waals surface area contributed by atoms with E-state index in [2.05, 4.69) is 20.4 Å². The van der Waals surface area contributed by atoms with E-state index in [1.165, 1.54) is 10.9 Å². The molecule has 0 bridgehead atoms. The first-order valence-electron chi connectivity index (χ1n) is 12.4. The number of sulfone groups is 1. The number of aliphatic hydroxyl groups excluding tert-OH is 2. The van der Waals surface area contributed by atoms with Crippen molar-refractivity contribution in [3.05, 3.63) is 47.4 Å². The molecule has 1 aliphatic heterocycles. The molecular formula is C23H29ClN5O8PS. The number of hydrogen-bond acceptors (Lipinski definition) is 10. The molecule has 212 valence electrons. The average molecular weight is 602 g/mol. The van der Waals surface area contributed by atoms with E-state index in [-0.39, 0.29) is 17.0 Å². The van der Waals surface area contributed by atoms with Gasteiger partial charge in [-0.25, -0.2) is 13.1 Å². The molecule has 16 heteroatoms.